The number of aryl methyl sites for hydroxylation is 2. The number of oxazole rings is 1. The van der Waals surface area contributed by atoms with E-state index in [0.29, 0.717) is 6.54 Å². The van der Waals surface area contributed by atoms with Gasteiger partial charge >= 0.3 is 5.97 Å². The van der Waals surface area contributed by atoms with E-state index >= 15 is 0 Å². The molecule has 1 aliphatic carbocycles. The molecule has 0 aliphatic heterocycles. The number of carboxylic acids is 1. The monoisotopic (exact) mass is 276 g/mol. The van der Waals surface area contributed by atoms with Crippen LogP contribution in [0.15, 0.2) is 10.7 Å². The second-order valence-electron chi connectivity index (χ2n) is 4.90. The van der Waals surface area contributed by atoms with Gasteiger partial charge in [-0.3, -0.25) is 4.68 Å². The van der Waals surface area contributed by atoms with Gasteiger partial charge in [-0.05, 0) is 31.2 Å². The van der Waals surface area contributed by atoms with Crippen LogP contribution < -0.4 is 5.32 Å². The summed E-state index contributed by atoms with van der Waals surface area (Å²) >= 11 is 0. The van der Waals surface area contributed by atoms with Crippen LogP contribution in [0.4, 0.5) is 6.01 Å². The Morgan fingerprint density at radius 2 is 2.30 bits per heavy atom. The summed E-state index contributed by atoms with van der Waals surface area (Å²) in [6.07, 6.45) is 5.59. The van der Waals surface area contributed by atoms with Crippen LogP contribution in [0.25, 0.3) is 0 Å². The quantitative estimate of drug-likeness (QED) is 0.881. The summed E-state index contributed by atoms with van der Waals surface area (Å²) in [5.74, 6) is -1.10. The Balaban J connectivity index is 1.74. The lowest BCUT2D eigenvalue weighted by Gasteiger charge is -2.11. The molecule has 1 aliphatic rings. The molecule has 2 heterocycles. The van der Waals surface area contributed by atoms with Gasteiger partial charge in [0.25, 0.3) is 6.01 Å². The summed E-state index contributed by atoms with van der Waals surface area (Å²) in [6.45, 7) is 0.526. The Morgan fingerprint density at radius 1 is 1.50 bits per heavy atom. The number of fused-ring (bicyclic) bond motifs is 1. The average molecular weight is 276 g/mol. The third-order valence-corrected chi connectivity index (χ3v) is 3.58. The molecule has 0 fully saturated rings. The number of nitrogens with zero attached hydrogens (tertiary/aromatic N) is 3. The molecular formula is C13H16N4O3. The van der Waals surface area contributed by atoms with E-state index < -0.39 is 5.97 Å². The second-order valence-corrected chi connectivity index (χ2v) is 4.90. The predicted molar refractivity (Wildman–Crippen MR) is 70.6 cm³/mol. The van der Waals surface area contributed by atoms with E-state index in [-0.39, 0.29) is 11.7 Å². The fourth-order valence-electron chi connectivity index (χ4n) is 2.58. The molecule has 0 bridgehead atoms. The number of aromatic nitrogens is 3. The number of aromatic carboxylic acids is 1. The molecule has 2 N–H and O–H groups in total. The Labute approximate surface area is 115 Å². The largest absolute Gasteiger partial charge is 0.476 e. The molecule has 7 heteroatoms. The van der Waals surface area contributed by atoms with Crippen LogP contribution >= 0.6 is 0 Å². The molecule has 0 spiro atoms. The highest BCUT2D eigenvalue weighted by atomic mass is 16.4. The molecule has 3 rings (SSSR count). The van der Waals surface area contributed by atoms with Crippen molar-refractivity contribution in [2.45, 2.75) is 32.2 Å². The maximum atomic E-state index is 10.7. The van der Waals surface area contributed by atoms with Gasteiger partial charge in [-0.2, -0.15) is 10.1 Å². The summed E-state index contributed by atoms with van der Waals surface area (Å²) in [5.41, 5.74) is 3.49. The summed E-state index contributed by atoms with van der Waals surface area (Å²) in [6, 6.07) is 0.216. The van der Waals surface area contributed by atoms with Gasteiger partial charge in [0.1, 0.15) is 6.26 Å². The standard InChI is InChI=1S/C13H16N4O3/c1-17-11(8-4-2-3-5-9(8)16-17)6-14-13-15-10(7-20-13)12(18)19/h7H,2-6H2,1H3,(H,14,15)(H,18,19). The van der Waals surface area contributed by atoms with E-state index in [1.54, 1.807) is 0 Å². The molecule has 106 valence electrons. The van der Waals surface area contributed by atoms with Crippen molar-refractivity contribution in [3.8, 4) is 0 Å². The van der Waals surface area contributed by atoms with Crippen molar-refractivity contribution < 1.29 is 14.3 Å². The molecule has 0 amide bonds. The molecule has 0 saturated carbocycles. The normalized spacial score (nSPS) is 14.1. The minimum absolute atomic E-state index is 0.0977. The maximum absolute atomic E-state index is 10.7. The van der Waals surface area contributed by atoms with Crippen LogP contribution in [0.5, 0.6) is 0 Å². The van der Waals surface area contributed by atoms with Gasteiger partial charge < -0.3 is 14.8 Å². The zero-order chi connectivity index (χ0) is 14.1. The highest BCUT2D eigenvalue weighted by Gasteiger charge is 2.19. The first-order chi connectivity index (χ1) is 9.65. The lowest BCUT2D eigenvalue weighted by Crippen LogP contribution is -2.09. The lowest BCUT2D eigenvalue weighted by atomic mass is 9.96. The fraction of sp³-hybridized carbons (Fsp3) is 0.462. The lowest BCUT2D eigenvalue weighted by molar-refractivity contribution is 0.0690. The summed E-state index contributed by atoms with van der Waals surface area (Å²) in [4.78, 5) is 14.6. The SMILES string of the molecule is Cn1nc2c(c1CNc1nc(C(=O)O)co1)CCCC2. The molecule has 0 radical (unpaired) electrons. The zero-order valence-electron chi connectivity index (χ0n) is 11.2. The molecule has 0 aromatic carbocycles. The first-order valence-electron chi connectivity index (χ1n) is 6.61. The van der Waals surface area contributed by atoms with E-state index in [4.69, 9.17) is 9.52 Å². The van der Waals surface area contributed by atoms with E-state index in [1.807, 2.05) is 11.7 Å². The van der Waals surface area contributed by atoms with Gasteiger partial charge in [-0.15, -0.1) is 0 Å². The van der Waals surface area contributed by atoms with Gasteiger partial charge in [0, 0.05) is 7.05 Å². The van der Waals surface area contributed by atoms with Crippen molar-refractivity contribution in [1.82, 2.24) is 14.8 Å². The number of anilines is 1. The number of rotatable bonds is 4. The molecular weight excluding hydrogens is 260 g/mol. The van der Waals surface area contributed by atoms with Crippen molar-refractivity contribution in [3.05, 3.63) is 28.9 Å². The number of carbonyl (C=O) groups is 1. The molecule has 0 unspecified atom stereocenters. The number of hydrogen-bond donors (Lipinski definition) is 2. The summed E-state index contributed by atoms with van der Waals surface area (Å²) in [7, 11) is 1.92. The van der Waals surface area contributed by atoms with Crippen molar-refractivity contribution in [1.29, 1.82) is 0 Å². The summed E-state index contributed by atoms with van der Waals surface area (Å²) < 4.78 is 6.95. The van der Waals surface area contributed by atoms with Crippen molar-refractivity contribution in [2.75, 3.05) is 5.32 Å². The van der Waals surface area contributed by atoms with Gasteiger partial charge in [-0.1, -0.05) is 0 Å². The van der Waals surface area contributed by atoms with E-state index in [2.05, 4.69) is 15.4 Å². The molecule has 7 nitrogen and oxygen atoms in total. The third-order valence-electron chi connectivity index (χ3n) is 3.58. The Morgan fingerprint density at radius 3 is 3.05 bits per heavy atom. The minimum Gasteiger partial charge on any atom is -0.476 e. The van der Waals surface area contributed by atoms with Crippen LogP contribution in [-0.2, 0) is 26.4 Å². The van der Waals surface area contributed by atoms with Gasteiger partial charge in [0.05, 0.1) is 17.9 Å². The number of carboxylic acid groups (broad SMARTS) is 1. The van der Waals surface area contributed by atoms with Crippen molar-refractivity contribution >= 4 is 12.0 Å². The van der Waals surface area contributed by atoms with E-state index in [9.17, 15) is 4.79 Å². The zero-order valence-corrected chi connectivity index (χ0v) is 11.2. The average Bonchev–Trinajstić information content (AvgIpc) is 3.00. The van der Waals surface area contributed by atoms with E-state index in [1.165, 1.54) is 24.1 Å². The maximum Gasteiger partial charge on any atom is 0.357 e. The molecule has 20 heavy (non-hydrogen) atoms. The van der Waals surface area contributed by atoms with Crippen LogP contribution in [0.3, 0.4) is 0 Å². The number of hydrogen-bond acceptors (Lipinski definition) is 5. The van der Waals surface area contributed by atoms with Crippen molar-refractivity contribution in [2.24, 2.45) is 7.05 Å². The minimum atomic E-state index is -1.10. The van der Waals surface area contributed by atoms with Crippen LogP contribution in [-0.4, -0.2) is 25.8 Å². The highest BCUT2D eigenvalue weighted by Crippen LogP contribution is 2.24. The molecule has 0 saturated heterocycles. The van der Waals surface area contributed by atoms with Crippen LogP contribution in [0.2, 0.25) is 0 Å². The van der Waals surface area contributed by atoms with Gasteiger partial charge in [0.15, 0.2) is 5.69 Å². The van der Waals surface area contributed by atoms with Gasteiger partial charge in [0.2, 0.25) is 0 Å². The second kappa shape index (κ2) is 4.99. The van der Waals surface area contributed by atoms with Crippen LogP contribution in [0.1, 0.15) is 40.3 Å². The Hall–Kier alpha value is -2.31. The summed E-state index contributed by atoms with van der Waals surface area (Å²) in [5, 5.41) is 16.3. The first-order valence-corrected chi connectivity index (χ1v) is 6.61. The first kappa shape index (κ1) is 12.7. The Bertz CT molecular complexity index is 644. The topological polar surface area (TPSA) is 93.2 Å². The number of nitrogens with one attached hydrogen (secondary N) is 1. The van der Waals surface area contributed by atoms with Crippen LogP contribution in [0, 0.1) is 0 Å². The van der Waals surface area contributed by atoms with E-state index in [0.717, 1.165) is 24.8 Å². The molecule has 2 aromatic rings. The van der Waals surface area contributed by atoms with Crippen molar-refractivity contribution in [3.63, 3.8) is 0 Å². The predicted octanol–water partition coefficient (Wildman–Crippen LogP) is 1.60. The van der Waals surface area contributed by atoms with Gasteiger partial charge in [-0.25, -0.2) is 4.79 Å². The molecule has 2 aromatic heterocycles. The Kier molecular flexibility index (Phi) is 3.17. The molecule has 0 atom stereocenters. The fourth-order valence-corrected chi connectivity index (χ4v) is 2.58. The third kappa shape index (κ3) is 2.26. The smallest absolute Gasteiger partial charge is 0.357 e. The highest BCUT2D eigenvalue weighted by molar-refractivity contribution is 5.85.